The Hall–Kier alpha value is -3.22. The van der Waals surface area contributed by atoms with E-state index in [2.05, 4.69) is 5.32 Å². The van der Waals surface area contributed by atoms with Crippen molar-refractivity contribution in [2.75, 3.05) is 37.1 Å². The summed E-state index contributed by atoms with van der Waals surface area (Å²) in [5.74, 6) is 0.996. The molecule has 2 aromatic rings. The average Bonchev–Trinajstić information content (AvgIpc) is 3.12. The molecular weight excluding hydrogens is 372 g/mol. The molecule has 154 valence electrons. The molecule has 2 aromatic carbocycles. The van der Waals surface area contributed by atoms with E-state index in [-0.39, 0.29) is 18.2 Å². The molecule has 0 aromatic heterocycles. The Morgan fingerprint density at radius 2 is 1.86 bits per heavy atom. The second-order valence-corrected chi connectivity index (χ2v) is 6.59. The maximum Gasteiger partial charge on any atom is 0.229 e. The van der Waals surface area contributed by atoms with Crippen LogP contribution in [0.3, 0.4) is 0 Å². The number of nitrogens with zero attached hydrogens (tertiary/aromatic N) is 1. The topological polar surface area (TPSA) is 77.1 Å². The standard InChI is InChI=1S/C22H26N2O5/c1-4-28-16-10-11-19(29-5-2)17(13-16)23-22(26)15-12-21(25)24(14-15)18-8-6-7-9-20(18)27-3/h6-11,13,15H,4-5,12,14H2,1-3H3,(H,23,26). The number of amides is 2. The summed E-state index contributed by atoms with van der Waals surface area (Å²) in [5, 5.41) is 2.90. The first-order chi connectivity index (χ1) is 14.1. The van der Waals surface area contributed by atoms with Crippen molar-refractivity contribution in [3.63, 3.8) is 0 Å². The lowest BCUT2D eigenvalue weighted by Gasteiger charge is -2.19. The molecule has 3 rings (SSSR count). The largest absolute Gasteiger partial charge is 0.495 e. The zero-order valence-corrected chi connectivity index (χ0v) is 16.9. The molecule has 1 N–H and O–H groups in total. The van der Waals surface area contributed by atoms with Gasteiger partial charge in [0.2, 0.25) is 11.8 Å². The summed E-state index contributed by atoms with van der Waals surface area (Å²) in [6.07, 6.45) is 0.138. The molecule has 2 amide bonds. The quantitative estimate of drug-likeness (QED) is 0.737. The van der Waals surface area contributed by atoms with Gasteiger partial charge in [0, 0.05) is 19.0 Å². The average molecular weight is 398 g/mol. The Balaban J connectivity index is 1.76. The fraction of sp³-hybridized carbons (Fsp3) is 0.364. The number of para-hydroxylation sites is 2. The number of carbonyl (C=O) groups is 2. The van der Waals surface area contributed by atoms with Gasteiger partial charge >= 0.3 is 0 Å². The summed E-state index contributed by atoms with van der Waals surface area (Å²) >= 11 is 0. The van der Waals surface area contributed by atoms with Gasteiger partial charge in [0.05, 0.1) is 37.6 Å². The summed E-state index contributed by atoms with van der Waals surface area (Å²) in [7, 11) is 1.56. The molecule has 0 radical (unpaired) electrons. The number of ether oxygens (including phenoxy) is 3. The van der Waals surface area contributed by atoms with E-state index in [1.165, 1.54) is 0 Å². The van der Waals surface area contributed by atoms with Crippen LogP contribution in [0, 0.1) is 5.92 Å². The monoisotopic (exact) mass is 398 g/mol. The Bertz CT molecular complexity index is 883. The summed E-state index contributed by atoms with van der Waals surface area (Å²) in [4.78, 5) is 27.1. The van der Waals surface area contributed by atoms with Crippen LogP contribution in [0.1, 0.15) is 20.3 Å². The highest BCUT2D eigenvalue weighted by Crippen LogP contribution is 2.34. The highest BCUT2D eigenvalue weighted by molar-refractivity contribution is 6.04. The molecule has 0 spiro atoms. The van der Waals surface area contributed by atoms with E-state index in [1.807, 2.05) is 32.0 Å². The zero-order chi connectivity index (χ0) is 20.8. The molecule has 1 saturated heterocycles. The van der Waals surface area contributed by atoms with Crippen LogP contribution in [-0.4, -0.2) is 38.7 Å². The van der Waals surface area contributed by atoms with E-state index in [4.69, 9.17) is 14.2 Å². The highest BCUT2D eigenvalue weighted by atomic mass is 16.5. The summed E-state index contributed by atoms with van der Waals surface area (Å²) < 4.78 is 16.5. The fourth-order valence-corrected chi connectivity index (χ4v) is 3.35. The van der Waals surface area contributed by atoms with E-state index in [0.717, 1.165) is 0 Å². The third kappa shape index (κ3) is 4.62. The van der Waals surface area contributed by atoms with Crippen LogP contribution >= 0.6 is 0 Å². The van der Waals surface area contributed by atoms with Crippen molar-refractivity contribution >= 4 is 23.2 Å². The summed E-state index contributed by atoms with van der Waals surface area (Å²) in [6.45, 7) is 5.06. The van der Waals surface area contributed by atoms with Crippen LogP contribution in [-0.2, 0) is 9.59 Å². The number of benzene rings is 2. The molecule has 1 atom stereocenters. The SMILES string of the molecule is CCOc1ccc(OCC)c(NC(=O)C2CC(=O)N(c3ccccc3OC)C2)c1. The van der Waals surface area contributed by atoms with Crippen LogP contribution in [0.5, 0.6) is 17.2 Å². The van der Waals surface area contributed by atoms with Crippen LogP contribution in [0.25, 0.3) is 0 Å². The number of anilines is 2. The minimum atomic E-state index is -0.474. The van der Waals surface area contributed by atoms with Gasteiger partial charge in [-0.05, 0) is 38.1 Å². The summed E-state index contributed by atoms with van der Waals surface area (Å²) in [6, 6.07) is 12.6. The molecular formula is C22H26N2O5. The Morgan fingerprint density at radius 1 is 1.10 bits per heavy atom. The molecule has 7 heteroatoms. The number of hydrogen-bond donors (Lipinski definition) is 1. The van der Waals surface area contributed by atoms with Crippen molar-refractivity contribution < 1.29 is 23.8 Å². The normalized spacial score (nSPS) is 15.9. The van der Waals surface area contributed by atoms with E-state index < -0.39 is 5.92 Å². The van der Waals surface area contributed by atoms with Crippen molar-refractivity contribution in [1.82, 2.24) is 0 Å². The lowest BCUT2D eigenvalue weighted by Crippen LogP contribution is -2.28. The minimum Gasteiger partial charge on any atom is -0.495 e. The van der Waals surface area contributed by atoms with Gasteiger partial charge in [0.1, 0.15) is 17.2 Å². The van der Waals surface area contributed by atoms with E-state index >= 15 is 0 Å². The number of nitrogens with one attached hydrogen (secondary N) is 1. The predicted molar refractivity (Wildman–Crippen MR) is 111 cm³/mol. The zero-order valence-electron chi connectivity index (χ0n) is 16.9. The molecule has 1 heterocycles. The molecule has 0 saturated carbocycles. The van der Waals surface area contributed by atoms with Crippen molar-refractivity contribution in [3.05, 3.63) is 42.5 Å². The second-order valence-electron chi connectivity index (χ2n) is 6.59. The molecule has 7 nitrogen and oxygen atoms in total. The molecule has 29 heavy (non-hydrogen) atoms. The lowest BCUT2D eigenvalue weighted by atomic mass is 10.1. The van der Waals surface area contributed by atoms with E-state index in [9.17, 15) is 9.59 Å². The van der Waals surface area contributed by atoms with Crippen molar-refractivity contribution in [3.8, 4) is 17.2 Å². The van der Waals surface area contributed by atoms with Crippen LogP contribution in [0.2, 0.25) is 0 Å². The van der Waals surface area contributed by atoms with Gasteiger partial charge in [0.15, 0.2) is 0 Å². The van der Waals surface area contributed by atoms with Gasteiger partial charge in [-0.1, -0.05) is 12.1 Å². The molecule has 1 aliphatic heterocycles. The van der Waals surface area contributed by atoms with Gasteiger partial charge in [-0.25, -0.2) is 0 Å². The van der Waals surface area contributed by atoms with E-state index in [1.54, 1.807) is 36.3 Å². The number of hydrogen-bond acceptors (Lipinski definition) is 5. The second kappa shape index (κ2) is 9.32. The van der Waals surface area contributed by atoms with Crippen molar-refractivity contribution in [2.24, 2.45) is 5.92 Å². The van der Waals surface area contributed by atoms with E-state index in [0.29, 0.717) is 48.4 Å². The first kappa shape index (κ1) is 20.5. The van der Waals surface area contributed by atoms with Gasteiger partial charge in [-0.15, -0.1) is 0 Å². The predicted octanol–water partition coefficient (Wildman–Crippen LogP) is 3.48. The van der Waals surface area contributed by atoms with Crippen LogP contribution < -0.4 is 24.4 Å². The van der Waals surface area contributed by atoms with Gasteiger partial charge < -0.3 is 24.4 Å². The van der Waals surface area contributed by atoms with Gasteiger partial charge in [-0.3, -0.25) is 9.59 Å². The maximum absolute atomic E-state index is 12.9. The Labute approximate surface area is 170 Å². The third-order valence-corrected chi connectivity index (χ3v) is 4.69. The number of rotatable bonds is 8. The molecule has 1 fully saturated rings. The minimum absolute atomic E-state index is 0.109. The van der Waals surface area contributed by atoms with Crippen LogP contribution in [0.4, 0.5) is 11.4 Å². The first-order valence-electron chi connectivity index (χ1n) is 9.71. The van der Waals surface area contributed by atoms with Crippen LogP contribution in [0.15, 0.2) is 42.5 Å². The Morgan fingerprint density at radius 3 is 2.59 bits per heavy atom. The smallest absolute Gasteiger partial charge is 0.229 e. The fourth-order valence-electron chi connectivity index (χ4n) is 3.35. The highest BCUT2D eigenvalue weighted by Gasteiger charge is 2.36. The summed E-state index contributed by atoms with van der Waals surface area (Å²) in [5.41, 5.74) is 1.20. The van der Waals surface area contributed by atoms with Crippen molar-refractivity contribution in [1.29, 1.82) is 0 Å². The molecule has 0 aliphatic carbocycles. The third-order valence-electron chi connectivity index (χ3n) is 4.69. The van der Waals surface area contributed by atoms with Gasteiger partial charge in [-0.2, -0.15) is 0 Å². The molecule has 1 unspecified atom stereocenters. The number of carbonyl (C=O) groups excluding carboxylic acids is 2. The first-order valence-corrected chi connectivity index (χ1v) is 9.71. The van der Waals surface area contributed by atoms with Crippen molar-refractivity contribution in [2.45, 2.75) is 20.3 Å². The molecule has 0 bridgehead atoms. The maximum atomic E-state index is 12.9. The number of methoxy groups -OCH3 is 1. The van der Waals surface area contributed by atoms with Gasteiger partial charge in [0.25, 0.3) is 0 Å². The Kier molecular flexibility index (Phi) is 6.59. The molecule has 1 aliphatic rings. The lowest BCUT2D eigenvalue weighted by molar-refractivity contribution is -0.122.